The molecule has 0 atom stereocenters. The van der Waals surface area contributed by atoms with E-state index in [-0.39, 0.29) is 0 Å². The minimum absolute atomic E-state index is 0.807. The molecular formula is C47H29N3O. The number of hydrogen-bond acceptors (Lipinski definition) is 4. The van der Waals surface area contributed by atoms with E-state index in [2.05, 4.69) is 137 Å². The Morgan fingerprint density at radius 1 is 0.373 bits per heavy atom. The summed E-state index contributed by atoms with van der Waals surface area (Å²) in [4.78, 5) is 14.1. The highest BCUT2D eigenvalue weighted by atomic mass is 16.3. The lowest BCUT2D eigenvalue weighted by molar-refractivity contribution is 0.673. The van der Waals surface area contributed by atoms with Crippen LogP contribution in [0.1, 0.15) is 0 Å². The second-order valence-electron chi connectivity index (χ2n) is 12.8. The first kappa shape index (κ1) is 29.0. The van der Waals surface area contributed by atoms with Crippen molar-refractivity contribution in [3.8, 4) is 56.2 Å². The van der Waals surface area contributed by atoms with Crippen LogP contribution in [0.4, 0.5) is 0 Å². The highest BCUT2D eigenvalue weighted by Gasteiger charge is 2.19. The normalized spacial score (nSPS) is 11.5. The van der Waals surface area contributed by atoms with E-state index < -0.39 is 0 Å². The second kappa shape index (κ2) is 11.9. The molecule has 0 bridgehead atoms. The van der Waals surface area contributed by atoms with Crippen LogP contribution in [0.2, 0.25) is 0 Å². The molecule has 0 radical (unpaired) electrons. The van der Waals surface area contributed by atoms with Crippen LogP contribution in [0.15, 0.2) is 181 Å². The Labute approximate surface area is 294 Å². The molecule has 51 heavy (non-hydrogen) atoms. The minimum Gasteiger partial charge on any atom is -0.455 e. The van der Waals surface area contributed by atoms with Crippen LogP contribution in [0.5, 0.6) is 0 Å². The molecule has 4 heterocycles. The number of aromatic nitrogens is 3. The molecule has 4 aromatic heterocycles. The van der Waals surface area contributed by atoms with E-state index in [1.54, 1.807) is 12.4 Å². The summed E-state index contributed by atoms with van der Waals surface area (Å²) in [6.45, 7) is 0. The van der Waals surface area contributed by atoms with E-state index in [0.29, 0.717) is 0 Å². The zero-order chi connectivity index (χ0) is 33.7. The van der Waals surface area contributed by atoms with E-state index in [1.807, 2.05) is 36.4 Å². The van der Waals surface area contributed by atoms with E-state index in [0.717, 1.165) is 72.4 Å². The summed E-state index contributed by atoms with van der Waals surface area (Å²) < 4.78 is 6.69. The summed E-state index contributed by atoms with van der Waals surface area (Å²) in [7, 11) is 0. The molecule has 0 saturated carbocycles. The summed E-state index contributed by atoms with van der Waals surface area (Å²) in [6, 6.07) is 57.2. The third-order valence-electron chi connectivity index (χ3n) is 9.79. The molecule has 6 aromatic carbocycles. The number of benzene rings is 6. The van der Waals surface area contributed by atoms with Crippen LogP contribution in [0.25, 0.3) is 99.6 Å². The number of fused-ring (bicyclic) bond motifs is 6. The molecule has 4 nitrogen and oxygen atoms in total. The summed E-state index contributed by atoms with van der Waals surface area (Å²) in [5.74, 6) is 0. The zero-order valence-corrected chi connectivity index (χ0v) is 27.5. The fourth-order valence-electron chi connectivity index (χ4n) is 7.40. The maximum atomic E-state index is 6.69. The summed E-state index contributed by atoms with van der Waals surface area (Å²) >= 11 is 0. The van der Waals surface area contributed by atoms with Gasteiger partial charge in [-0.3, -0.25) is 9.97 Å². The average Bonchev–Trinajstić information content (AvgIpc) is 3.60. The summed E-state index contributed by atoms with van der Waals surface area (Å²) in [5, 5.41) is 6.98. The van der Waals surface area contributed by atoms with Crippen molar-refractivity contribution in [1.82, 2.24) is 15.0 Å². The smallest absolute Gasteiger partial charge is 0.143 e. The molecular weight excluding hydrogens is 623 g/mol. The largest absolute Gasteiger partial charge is 0.455 e. The maximum Gasteiger partial charge on any atom is 0.143 e. The van der Waals surface area contributed by atoms with Gasteiger partial charge in [0.1, 0.15) is 11.2 Å². The van der Waals surface area contributed by atoms with Gasteiger partial charge in [-0.2, -0.15) is 0 Å². The first-order valence-corrected chi connectivity index (χ1v) is 17.1. The van der Waals surface area contributed by atoms with Crippen molar-refractivity contribution < 1.29 is 4.42 Å². The van der Waals surface area contributed by atoms with Gasteiger partial charge in [-0.1, -0.05) is 115 Å². The highest BCUT2D eigenvalue weighted by Crippen LogP contribution is 2.44. The first-order chi connectivity index (χ1) is 25.3. The molecule has 238 valence electrons. The van der Waals surface area contributed by atoms with Crippen molar-refractivity contribution in [1.29, 1.82) is 0 Å². The van der Waals surface area contributed by atoms with Crippen LogP contribution in [0.3, 0.4) is 0 Å². The van der Waals surface area contributed by atoms with Gasteiger partial charge in [0.2, 0.25) is 0 Å². The Morgan fingerprint density at radius 3 is 1.71 bits per heavy atom. The van der Waals surface area contributed by atoms with Crippen LogP contribution < -0.4 is 0 Å². The summed E-state index contributed by atoms with van der Waals surface area (Å²) in [5.41, 5.74) is 11.9. The highest BCUT2D eigenvalue weighted by molar-refractivity contribution is 6.23. The molecule has 10 rings (SSSR count). The minimum atomic E-state index is 0.807. The topological polar surface area (TPSA) is 51.8 Å². The average molecular weight is 652 g/mol. The Bertz CT molecular complexity index is 2830. The van der Waals surface area contributed by atoms with Crippen molar-refractivity contribution in [2.24, 2.45) is 0 Å². The molecule has 0 saturated heterocycles. The zero-order valence-electron chi connectivity index (χ0n) is 27.5. The lowest BCUT2D eigenvalue weighted by Crippen LogP contribution is -1.94. The maximum absolute atomic E-state index is 6.69. The second-order valence-corrected chi connectivity index (χ2v) is 12.8. The van der Waals surface area contributed by atoms with E-state index in [1.165, 1.54) is 27.3 Å². The van der Waals surface area contributed by atoms with Crippen LogP contribution in [-0.2, 0) is 0 Å². The molecule has 0 unspecified atom stereocenters. The van der Waals surface area contributed by atoms with Gasteiger partial charge in [-0.25, -0.2) is 4.98 Å². The molecule has 0 aliphatic rings. The number of rotatable bonds is 5. The van der Waals surface area contributed by atoms with Crippen LogP contribution in [0, 0.1) is 0 Å². The first-order valence-electron chi connectivity index (χ1n) is 17.1. The lowest BCUT2D eigenvalue weighted by Gasteiger charge is -2.12. The van der Waals surface area contributed by atoms with Crippen molar-refractivity contribution in [2.75, 3.05) is 0 Å². The van der Waals surface area contributed by atoms with Gasteiger partial charge in [-0.05, 0) is 98.1 Å². The van der Waals surface area contributed by atoms with Crippen LogP contribution >= 0.6 is 0 Å². The fraction of sp³-hybridized carbons (Fsp3) is 0. The molecule has 10 aromatic rings. The SMILES string of the molecule is c1ccc(-c2cc(-c3ccc(-c4cccc5oc6c7ccccc7c(-c7cccc8ccccc78)cc6c45)cc3)cc(-c3ccccn3)n2)nc1. The van der Waals surface area contributed by atoms with Gasteiger partial charge in [0.25, 0.3) is 0 Å². The molecule has 0 aliphatic carbocycles. The van der Waals surface area contributed by atoms with E-state index in [4.69, 9.17) is 9.40 Å². The van der Waals surface area contributed by atoms with E-state index in [9.17, 15) is 0 Å². The lowest BCUT2D eigenvalue weighted by atomic mass is 9.91. The Balaban J connectivity index is 1.14. The Hall–Kier alpha value is -6.91. The predicted octanol–water partition coefficient (Wildman–Crippen LogP) is 12.4. The number of furan rings is 1. The Kier molecular flexibility index (Phi) is 6.78. The van der Waals surface area contributed by atoms with Gasteiger partial charge in [-0.15, -0.1) is 0 Å². The number of pyridine rings is 3. The van der Waals surface area contributed by atoms with Crippen molar-refractivity contribution >= 4 is 43.5 Å². The number of nitrogens with zero attached hydrogens (tertiary/aromatic N) is 3. The molecule has 0 N–H and O–H groups in total. The predicted molar refractivity (Wildman–Crippen MR) is 209 cm³/mol. The van der Waals surface area contributed by atoms with Gasteiger partial charge in [0, 0.05) is 28.6 Å². The third-order valence-corrected chi connectivity index (χ3v) is 9.79. The van der Waals surface area contributed by atoms with E-state index >= 15 is 0 Å². The molecule has 0 amide bonds. The molecule has 4 heteroatoms. The molecule has 0 spiro atoms. The summed E-state index contributed by atoms with van der Waals surface area (Å²) in [6.07, 6.45) is 3.60. The van der Waals surface area contributed by atoms with Gasteiger partial charge in [0.15, 0.2) is 0 Å². The monoisotopic (exact) mass is 651 g/mol. The van der Waals surface area contributed by atoms with Crippen molar-refractivity contribution in [2.45, 2.75) is 0 Å². The van der Waals surface area contributed by atoms with Gasteiger partial charge < -0.3 is 4.42 Å². The quantitative estimate of drug-likeness (QED) is 0.186. The molecule has 0 aliphatic heterocycles. The van der Waals surface area contributed by atoms with Gasteiger partial charge in [0.05, 0.1) is 22.8 Å². The van der Waals surface area contributed by atoms with Crippen LogP contribution in [-0.4, -0.2) is 15.0 Å². The molecule has 0 fully saturated rings. The van der Waals surface area contributed by atoms with Crippen molar-refractivity contribution in [3.63, 3.8) is 0 Å². The number of hydrogen-bond donors (Lipinski definition) is 0. The fourth-order valence-corrected chi connectivity index (χ4v) is 7.40. The Morgan fingerprint density at radius 2 is 0.980 bits per heavy atom. The third kappa shape index (κ3) is 4.96. The van der Waals surface area contributed by atoms with Crippen molar-refractivity contribution in [3.05, 3.63) is 176 Å². The standard InChI is InChI=1S/C47H29N3O/c1-2-13-34-31(11-1)12-9-17-36(34)39-29-40-46-35(16-10-20-45(46)51-47(40)38-15-4-3-14-37(38)39)32-23-21-30(22-24-32)33-27-43(41-18-5-7-25-48-41)50-44(28-33)42-19-6-8-26-49-42/h1-29H. The van der Waals surface area contributed by atoms with Gasteiger partial charge >= 0.3 is 0 Å².